The summed E-state index contributed by atoms with van der Waals surface area (Å²) in [4.78, 5) is 2.37. The van der Waals surface area contributed by atoms with Gasteiger partial charge in [-0.3, -0.25) is 0 Å². The van der Waals surface area contributed by atoms with Crippen molar-refractivity contribution in [3.05, 3.63) is 18.2 Å². The van der Waals surface area contributed by atoms with Crippen LogP contribution in [-0.4, -0.2) is 28.6 Å². The number of nitrogens with one attached hydrogen (secondary N) is 1. The van der Waals surface area contributed by atoms with Gasteiger partial charge in [0.15, 0.2) is 0 Å². The molecule has 0 radical (unpaired) electrons. The van der Waals surface area contributed by atoms with E-state index in [0.717, 1.165) is 25.2 Å². The van der Waals surface area contributed by atoms with E-state index in [2.05, 4.69) is 23.5 Å². The quantitative estimate of drug-likeness (QED) is 0.756. The number of nitrogen functional groups attached to an aromatic ring is 1. The number of nitrogens with zero attached hydrogens (tertiary/aromatic N) is 1. The summed E-state index contributed by atoms with van der Waals surface area (Å²) in [5.74, 6) is 0.527. The van der Waals surface area contributed by atoms with E-state index in [9.17, 15) is 8.42 Å². The maximum absolute atomic E-state index is 11.9. The lowest BCUT2D eigenvalue weighted by molar-refractivity contribution is 0.548. The van der Waals surface area contributed by atoms with Crippen molar-refractivity contribution in [2.45, 2.75) is 32.1 Å². The van der Waals surface area contributed by atoms with E-state index < -0.39 is 10.0 Å². The van der Waals surface area contributed by atoms with Gasteiger partial charge in [-0.25, -0.2) is 13.1 Å². The molecular weight excluding hydrogens is 274 g/mol. The van der Waals surface area contributed by atoms with Crippen LogP contribution in [0, 0.1) is 5.92 Å². The zero-order chi connectivity index (χ0) is 15.3. The maximum Gasteiger partial charge on any atom is 0.240 e. The lowest BCUT2D eigenvalue weighted by Crippen LogP contribution is -2.29. The largest absolute Gasteiger partial charge is 0.397 e. The molecule has 0 aliphatic rings. The Balaban J connectivity index is 3.18. The van der Waals surface area contributed by atoms with Crippen LogP contribution in [0.3, 0.4) is 0 Å². The van der Waals surface area contributed by atoms with Crippen molar-refractivity contribution in [2.75, 3.05) is 30.8 Å². The summed E-state index contributed by atoms with van der Waals surface area (Å²) in [6, 6.07) is 4.83. The normalized spacial score (nSPS) is 13.2. The molecule has 5 nitrogen and oxygen atoms in total. The van der Waals surface area contributed by atoms with Gasteiger partial charge in [-0.2, -0.15) is 0 Å². The van der Waals surface area contributed by atoms with E-state index in [-0.39, 0.29) is 4.90 Å². The first kappa shape index (κ1) is 16.8. The first-order chi connectivity index (χ1) is 9.35. The molecule has 0 heterocycles. The van der Waals surface area contributed by atoms with Gasteiger partial charge >= 0.3 is 0 Å². The van der Waals surface area contributed by atoms with Crippen LogP contribution in [0.1, 0.15) is 27.2 Å². The summed E-state index contributed by atoms with van der Waals surface area (Å²) in [5, 5.41) is 0. The molecule has 0 amide bonds. The number of sulfonamides is 1. The van der Waals surface area contributed by atoms with Gasteiger partial charge in [0.25, 0.3) is 0 Å². The molecule has 1 aromatic carbocycles. The standard InChI is InChI=1S/C14H25N3O2S/c1-5-11(3)10-17(6-2)14-9-12(7-8-13(14)15)20(18,19)16-4/h7-9,11,16H,5-6,10,15H2,1-4H3. The van der Waals surface area contributed by atoms with Crippen LogP contribution in [0.4, 0.5) is 11.4 Å². The molecule has 114 valence electrons. The Bertz CT molecular complexity index is 543. The minimum atomic E-state index is -3.45. The van der Waals surface area contributed by atoms with Gasteiger partial charge in [0.1, 0.15) is 0 Å². The highest BCUT2D eigenvalue weighted by Crippen LogP contribution is 2.27. The van der Waals surface area contributed by atoms with Crippen molar-refractivity contribution in [3.8, 4) is 0 Å². The summed E-state index contributed by atoms with van der Waals surface area (Å²) >= 11 is 0. The number of nitrogens with two attached hydrogens (primary N) is 1. The molecule has 0 aromatic heterocycles. The molecule has 0 bridgehead atoms. The Morgan fingerprint density at radius 3 is 2.50 bits per heavy atom. The minimum Gasteiger partial charge on any atom is -0.397 e. The van der Waals surface area contributed by atoms with Gasteiger partial charge in [-0.1, -0.05) is 20.3 Å². The highest BCUT2D eigenvalue weighted by molar-refractivity contribution is 7.89. The average molecular weight is 299 g/mol. The first-order valence-corrected chi connectivity index (χ1v) is 8.42. The van der Waals surface area contributed by atoms with E-state index >= 15 is 0 Å². The molecule has 20 heavy (non-hydrogen) atoms. The van der Waals surface area contributed by atoms with Gasteiger partial charge in [-0.15, -0.1) is 0 Å². The van der Waals surface area contributed by atoms with Gasteiger partial charge in [0, 0.05) is 13.1 Å². The Morgan fingerprint density at radius 2 is 2.00 bits per heavy atom. The van der Waals surface area contributed by atoms with Crippen molar-refractivity contribution in [3.63, 3.8) is 0 Å². The molecule has 0 fully saturated rings. The number of anilines is 2. The molecule has 0 aliphatic carbocycles. The SMILES string of the molecule is CCC(C)CN(CC)c1cc(S(=O)(=O)NC)ccc1N. The van der Waals surface area contributed by atoms with Gasteiger partial charge in [0.2, 0.25) is 10.0 Å². The lowest BCUT2D eigenvalue weighted by atomic mass is 10.1. The van der Waals surface area contributed by atoms with Crippen molar-refractivity contribution < 1.29 is 8.42 Å². The summed E-state index contributed by atoms with van der Waals surface area (Å²) in [7, 11) is -2.04. The smallest absolute Gasteiger partial charge is 0.240 e. The molecule has 1 rings (SSSR count). The fourth-order valence-electron chi connectivity index (χ4n) is 1.99. The molecule has 0 aliphatic heterocycles. The number of hydrogen-bond acceptors (Lipinski definition) is 4. The summed E-state index contributed by atoms with van der Waals surface area (Å²) in [6.45, 7) is 8.01. The monoisotopic (exact) mass is 299 g/mol. The third-order valence-electron chi connectivity index (χ3n) is 3.53. The Kier molecular flexibility index (Phi) is 5.83. The number of hydrogen-bond donors (Lipinski definition) is 2. The van der Waals surface area contributed by atoms with Crippen molar-refractivity contribution >= 4 is 21.4 Å². The Morgan fingerprint density at radius 1 is 1.35 bits per heavy atom. The van der Waals surface area contributed by atoms with Crippen LogP contribution in [-0.2, 0) is 10.0 Å². The third kappa shape index (κ3) is 3.86. The topological polar surface area (TPSA) is 75.4 Å². The van der Waals surface area contributed by atoms with E-state index in [1.165, 1.54) is 13.1 Å². The van der Waals surface area contributed by atoms with Crippen LogP contribution >= 0.6 is 0 Å². The van der Waals surface area contributed by atoms with Crippen LogP contribution in [0.2, 0.25) is 0 Å². The fraction of sp³-hybridized carbons (Fsp3) is 0.571. The maximum atomic E-state index is 11.9. The van der Waals surface area contributed by atoms with Gasteiger partial charge < -0.3 is 10.6 Å². The first-order valence-electron chi connectivity index (χ1n) is 6.93. The molecule has 1 atom stereocenters. The van der Waals surface area contributed by atoms with Crippen LogP contribution < -0.4 is 15.4 Å². The molecular formula is C14H25N3O2S. The molecule has 3 N–H and O–H groups in total. The third-order valence-corrected chi connectivity index (χ3v) is 4.94. The molecule has 0 saturated heterocycles. The predicted molar refractivity (Wildman–Crippen MR) is 84.4 cm³/mol. The second kappa shape index (κ2) is 6.95. The van der Waals surface area contributed by atoms with E-state index in [1.807, 2.05) is 6.92 Å². The van der Waals surface area contributed by atoms with Gasteiger partial charge in [-0.05, 0) is 38.1 Å². The summed E-state index contributed by atoms with van der Waals surface area (Å²) in [5.41, 5.74) is 7.39. The predicted octanol–water partition coefficient (Wildman–Crippen LogP) is 2.05. The minimum absolute atomic E-state index is 0.242. The number of benzene rings is 1. The van der Waals surface area contributed by atoms with E-state index in [1.54, 1.807) is 12.1 Å². The van der Waals surface area contributed by atoms with Crippen molar-refractivity contribution in [1.29, 1.82) is 0 Å². The van der Waals surface area contributed by atoms with Crippen LogP contribution in [0.5, 0.6) is 0 Å². The second-order valence-corrected chi connectivity index (χ2v) is 6.87. The summed E-state index contributed by atoms with van der Waals surface area (Å²) < 4.78 is 26.1. The zero-order valence-electron chi connectivity index (χ0n) is 12.7. The van der Waals surface area contributed by atoms with Crippen LogP contribution in [0.25, 0.3) is 0 Å². The molecule has 0 saturated carbocycles. The van der Waals surface area contributed by atoms with E-state index in [0.29, 0.717) is 11.6 Å². The van der Waals surface area contributed by atoms with Crippen molar-refractivity contribution in [1.82, 2.24) is 4.72 Å². The highest BCUT2D eigenvalue weighted by atomic mass is 32.2. The Hall–Kier alpha value is -1.27. The average Bonchev–Trinajstić information content (AvgIpc) is 2.45. The molecule has 1 unspecified atom stereocenters. The highest BCUT2D eigenvalue weighted by Gasteiger charge is 2.17. The Labute approximate surface area is 122 Å². The fourth-order valence-corrected chi connectivity index (χ4v) is 2.74. The lowest BCUT2D eigenvalue weighted by Gasteiger charge is -2.27. The molecule has 0 spiro atoms. The molecule has 1 aromatic rings. The van der Waals surface area contributed by atoms with Gasteiger partial charge in [0.05, 0.1) is 16.3 Å². The van der Waals surface area contributed by atoms with E-state index in [4.69, 9.17) is 5.73 Å². The van der Waals surface area contributed by atoms with Crippen molar-refractivity contribution in [2.24, 2.45) is 5.92 Å². The second-order valence-electron chi connectivity index (χ2n) is 4.98. The van der Waals surface area contributed by atoms with Crippen LogP contribution in [0.15, 0.2) is 23.1 Å². The zero-order valence-corrected chi connectivity index (χ0v) is 13.5. The molecule has 6 heteroatoms. The number of rotatable bonds is 7. The summed E-state index contributed by atoms with van der Waals surface area (Å²) in [6.07, 6.45) is 1.07.